The molecule has 1 unspecified atom stereocenters. The number of benzene rings is 2. The molecule has 3 aromatic rings. The van der Waals surface area contributed by atoms with Gasteiger partial charge in [-0.25, -0.2) is 0 Å². The summed E-state index contributed by atoms with van der Waals surface area (Å²) >= 11 is 0. The number of ether oxygens (including phenoxy) is 1. The quantitative estimate of drug-likeness (QED) is 0.422. The fourth-order valence-corrected chi connectivity index (χ4v) is 7.13. The Balaban J connectivity index is 1.22. The summed E-state index contributed by atoms with van der Waals surface area (Å²) in [6.45, 7) is 7.66. The molecule has 1 N–H and O–H groups in total. The maximum absolute atomic E-state index is 13.2. The Morgan fingerprint density at radius 3 is 2.74 bits per heavy atom. The molecule has 0 saturated carbocycles. The van der Waals surface area contributed by atoms with E-state index in [4.69, 9.17) is 14.7 Å². The molecule has 0 spiro atoms. The highest BCUT2D eigenvalue weighted by atomic mass is 16.5. The van der Waals surface area contributed by atoms with Gasteiger partial charge >= 0.3 is 6.01 Å². The Hall–Kier alpha value is -3.94. The molecule has 1 amide bonds. The van der Waals surface area contributed by atoms with Crippen LogP contribution < -0.4 is 19.9 Å². The van der Waals surface area contributed by atoms with Crippen molar-refractivity contribution in [1.29, 1.82) is 5.26 Å². The summed E-state index contributed by atoms with van der Waals surface area (Å²) < 4.78 is 6.33. The van der Waals surface area contributed by atoms with Gasteiger partial charge in [-0.3, -0.25) is 4.79 Å². The van der Waals surface area contributed by atoms with Crippen LogP contribution in [0.2, 0.25) is 0 Å². The first-order valence-electron chi connectivity index (χ1n) is 15.6. The Morgan fingerprint density at radius 2 is 1.95 bits per heavy atom. The number of nitrogens with zero attached hydrogens (tertiary/aromatic N) is 7. The van der Waals surface area contributed by atoms with Crippen molar-refractivity contribution < 1.29 is 9.53 Å². The fraction of sp³-hybridized carbons (Fsp3) is 0.515. The van der Waals surface area contributed by atoms with E-state index in [1.54, 1.807) is 0 Å². The Morgan fingerprint density at radius 1 is 1.12 bits per heavy atom. The summed E-state index contributed by atoms with van der Waals surface area (Å²) in [5, 5.41) is 15.4. The normalized spacial score (nSPS) is 25.5. The summed E-state index contributed by atoms with van der Waals surface area (Å²) in [7, 11) is 2.15. The van der Waals surface area contributed by atoms with Crippen molar-refractivity contribution in [3.63, 3.8) is 0 Å². The Bertz CT molecular complexity index is 1560. The van der Waals surface area contributed by atoms with Crippen LogP contribution in [-0.2, 0) is 17.8 Å². The zero-order chi connectivity index (χ0) is 29.6. The molecule has 0 aliphatic carbocycles. The highest BCUT2D eigenvalue weighted by molar-refractivity contribution is 5.94. The third kappa shape index (κ3) is 5.36. The maximum Gasteiger partial charge on any atom is 0.318 e. The molecular formula is C33H40N8O2. The van der Waals surface area contributed by atoms with E-state index < -0.39 is 5.54 Å². The number of likely N-dealkylation sites (N-methyl/N-ethyl adjacent to an activating group) is 1. The van der Waals surface area contributed by atoms with Crippen LogP contribution in [0.15, 0.2) is 42.5 Å². The Kier molecular flexibility index (Phi) is 7.31. The van der Waals surface area contributed by atoms with Crippen LogP contribution in [0.5, 0.6) is 6.01 Å². The van der Waals surface area contributed by atoms with Crippen molar-refractivity contribution in [3.05, 3.63) is 53.7 Å². The predicted octanol–water partition coefficient (Wildman–Crippen LogP) is 2.96. The van der Waals surface area contributed by atoms with E-state index in [2.05, 4.69) is 75.6 Å². The number of nitrogens with one attached hydrogen (secondary N) is 1. The van der Waals surface area contributed by atoms with Gasteiger partial charge in [0.15, 0.2) is 0 Å². The smallest absolute Gasteiger partial charge is 0.318 e. The maximum atomic E-state index is 13.2. The van der Waals surface area contributed by atoms with Crippen molar-refractivity contribution in [1.82, 2.24) is 25.1 Å². The minimum atomic E-state index is -0.608. The highest BCUT2D eigenvalue weighted by Crippen LogP contribution is 2.36. The number of likely N-dealkylation sites (tertiary alicyclic amines) is 1. The molecule has 4 aliphatic heterocycles. The fourth-order valence-electron chi connectivity index (χ4n) is 7.13. The zero-order valence-electron chi connectivity index (χ0n) is 25.1. The van der Waals surface area contributed by atoms with E-state index in [1.807, 2.05) is 11.8 Å². The number of piperazine rings is 1. The highest BCUT2D eigenvalue weighted by Gasteiger charge is 2.45. The van der Waals surface area contributed by atoms with Crippen LogP contribution in [0.4, 0.5) is 11.5 Å². The molecule has 10 heteroatoms. The molecule has 0 bridgehead atoms. The molecule has 1 aromatic heterocycles. The number of carbonyl (C=O) groups is 1. The Labute approximate surface area is 253 Å². The second-order valence-corrected chi connectivity index (χ2v) is 12.7. The van der Waals surface area contributed by atoms with E-state index >= 15 is 0 Å². The molecule has 10 nitrogen and oxygen atoms in total. The number of hydrogen-bond acceptors (Lipinski definition) is 9. The van der Waals surface area contributed by atoms with Crippen molar-refractivity contribution in [2.24, 2.45) is 0 Å². The van der Waals surface area contributed by atoms with Gasteiger partial charge in [-0.05, 0) is 51.2 Å². The van der Waals surface area contributed by atoms with Crippen LogP contribution in [-0.4, -0.2) is 96.2 Å². The van der Waals surface area contributed by atoms with Crippen LogP contribution in [0.25, 0.3) is 10.8 Å². The second-order valence-electron chi connectivity index (χ2n) is 12.7. The molecule has 43 heavy (non-hydrogen) atoms. The van der Waals surface area contributed by atoms with Crippen LogP contribution in [0.3, 0.4) is 0 Å². The van der Waals surface area contributed by atoms with Gasteiger partial charge in [-0.15, -0.1) is 0 Å². The summed E-state index contributed by atoms with van der Waals surface area (Å²) in [5.41, 5.74) is 2.73. The van der Waals surface area contributed by atoms with Crippen LogP contribution in [0.1, 0.15) is 37.4 Å². The average molecular weight is 581 g/mol. The largest absolute Gasteiger partial charge is 0.462 e. The zero-order valence-corrected chi connectivity index (χ0v) is 25.1. The van der Waals surface area contributed by atoms with Crippen LogP contribution >= 0.6 is 0 Å². The van der Waals surface area contributed by atoms with Crippen molar-refractivity contribution in [3.8, 4) is 12.1 Å². The summed E-state index contributed by atoms with van der Waals surface area (Å²) in [6, 6.07) is 18.0. The summed E-state index contributed by atoms with van der Waals surface area (Å²) in [5.74, 6) is 0.982. The molecule has 3 fully saturated rings. The second kappa shape index (κ2) is 11.3. The molecule has 0 radical (unpaired) electrons. The SMILES string of the molecule is CN1CCC[C@H]1COc1nc2c(c(N3CCN(C(=O)[C@H]4CN4)C(C)(CC#N)C3)n1)CCN(c1cccc3ccccc13)C2. The minimum absolute atomic E-state index is 0.0950. The van der Waals surface area contributed by atoms with E-state index in [9.17, 15) is 10.1 Å². The summed E-state index contributed by atoms with van der Waals surface area (Å²) in [4.78, 5) is 32.2. The van der Waals surface area contributed by atoms with Gasteiger partial charge in [-0.2, -0.15) is 15.2 Å². The number of nitriles is 1. The number of hydrogen-bond donors (Lipinski definition) is 1. The van der Waals surface area contributed by atoms with Gasteiger partial charge in [0.25, 0.3) is 0 Å². The number of amides is 1. The average Bonchev–Trinajstić information content (AvgIpc) is 3.79. The minimum Gasteiger partial charge on any atom is -0.462 e. The lowest BCUT2D eigenvalue weighted by atomic mass is 9.91. The molecule has 224 valence electrons. The van der Waals surface area contributed by atoms with Gasteiger partial charge in [0.2, 0.25) is 5.91 Å². The molecule has 5 heterocycles. The lowest BCUT2D eigenvalue weighted by Crippen LogP contribution is -2.63. The van der Waals surface area contributed by atoms with E-state index in [1.165, 1.54) is 22.9 Å². The van der Waals surface area contributed by atoms with Crippen molar-refractivity contribution in [2.75, 3.05) is 62.7 Å². The molecule has 4 aliphatic rings. The molecule has 7 rings (SSSR count). The first kappa shape index (κ1) is 27.9. The van der Waals surface area contributed by atoms with Crippen molar-refractivity contribution >= 4 is 28.2 Å². The van der Waals surface area contributed by atoms with E-state index in [0.29, 0.717) is 51.4 Å². The number of carbonyl (C=O) groups excluding carboxylic acids is 1. The van der Waals surface area contributed by atoms with Crippen molar-refractivity contribution in [2.45, 2.75) is 56.8 Å². The molecule has 2 aromatic carbocycles. The predicted molar refractivity (Wildman–Crippen MR) is 166 cm³/mol. The van der Waals surface area contributed by atoms with Gasteiger partial charge < -0.3 is 29.7 Å². The van der Waals surface area contributed by atoms with E-state index in [-0.39, 0.29) is 18.4 Å². The number of fused-ring (bicyclic) bond motifs is 2. The first-order valence-corrected chi connectivity index (χ1v) is 15.6. The third-order valence-electron chi connectivity index (χ3n) is 9.71. The first-order chi connectivity index (χ1) is 20.9. The standard InChI is InChI=1S/C33H40N8O2/c1-33(13-14-34)22-40(17-18-41(33)31(42)27-19-35-27)30-26-12-16-39(29-11-5-8-23-7-3-4-10-25(23)29)20-28(26)36-32(37-30)43-21-24-9-6-15-38(24)2/h3-5,7-8,10-11,24,27,35H,6,9,12-13,15-22H2,1-2H3/t24-,27+,33?/m0/s1. The number of aromatic nitrogens is 2. The van der Waals surface area contributed by atoms with Gasteiger partial charge in [0.1, 0.15) is 12.4 Å². The lowest BCUT2D eigenvalue weighted by Gasteiger charge is -2.49. The number of rotatable bonds is 7. The van der Waals surface area contributed by atoms with Gasteiger partial charge in [0.05, 0.1) is 36.3 Å². The van der Waals surface area contributed by atoms with Gasteiger partial charge in [-0.1, -0.05) is 36.4 Å². The number of anilines is 2. The summed E-state index contributed by atoms with van der Waals surface area (Å²) in [6.07, 6.45) is 3.36. The molecule has 3 saturated heterocycles. The molecular weight excluding hydrogens is 540 g/mol. The van der Waals surface area contributed by atoms with Crippen LogP contribution in [0, 0.1) is 11.3 Å². The molecule has 3 atom stereocenters. The monoisotopic (exact) mass is 580 g/mol. The third-order valence-corrected chi connectivity index (χ3v) is 9.71. The topological polar surface area (TPSA) is 111 Å². The van der Waals surface area contributed by atoms with Gasteiger partial charge in [0, 0.05) is 55.4 Å². The lowest BCUT2D eigenvalue weighted by molar-refractivity contribution is -0.137. The van der Waals surface area contributed by atoms with E-state index in [0.717, 1.165) is 43.0 Å².